The van der Waals surface area contributed by atoms with Crippen LogP contribution in [0, 0.1) is 0 Å². The molecule has 0 unspecified atom stereocenters. The van der Waals surface area contributed by atoms with E-state index in [1.54, 1.807) is 0 Å². The van der Waals surface area contributed by atoms with Gasteiger partial charge in [-0.1, -0.05) is 31.0 Å². The van der Waals surface area contributed by atoms with Gasteiger partial charge in [0.2, 0.25) is 0 Å². The number of hydrogen-bond donors (Lipinski definition) is 1. The van der Waals surface area contributed by atoms with Crippen LogP contribution >= 0.6 is 0 Å². The number of unbranched alkanes of at least 4 members (excludes halogenated alkanes) is 3. The summed E-state index contributed by atoms with van der Waals surface area (Å²) in [5.41, 5.74) is 0.741. The van der Waals surface area contributed by atoms with Crippen LogP contribution in [-0.2, 0) is 0 Å². The quantitative estimate of drug-likeness (QED) is 0.717. The first kappa shape index (κ1) is 14.7. The van der Waals surface area contributed by atoms with Gasteiger partial charge in [0, 0.05) is 12.1 Å². The summed E-state index contributed by atoms with van der Waals surface area (Å²) in [6.45, 7) is 1.92. The minimum Gasteiger partial charge on any atom is -0.352 e. The summed E-state index contributed by atoms with van der Waals surface area (Å²) in [6.07, 6.45) is 4.72. The second kappa shape index (κ2) is 8.70. The van der Waals surface area contributed by atoms with Crippen molar-refractivity contribution in [3.05, 3.63) is 35.9 Å². The molecule has 1 amide bonds. The van der Waals surface area contributed by atoms with Crippen LogP contribution in [0.4, 0.5) is 0 Å². The lowest BCUT2D eigenvalue weighted by molar-refractivity contribution is 0.0953. The lowest BCUT2D eigenvalue weighted by Gasteiger charge is -2.09. The van der Waals surface area contributed by atoms with E-state index in [0.717, 1.165) is 25.1 Å². The van der Waals surface area contributed by atoms with E-state index in [9.17, 15) is 4.79 Å². The number of carbonyl (C=O) groups is 1. The van der Waals surface area contributed by atoms with Crippen LogP contribution in [-0.4, -0.2) is 38.0 Å². The average Bonchev–Trinajstić information content (AvgIpc) is 2.38. The fourth-order valence-corrected chi connectivity index (χ4v) is 1.80. The molecule has 0 heterocycles. The fraction of sp³-hybridized carbons (Fsp3) is 0.533. The molecule has 0 radical (unpaired) electrons. The van der Waals surface area contributed by atoms with Crippen molar-refractivity contribution in [3.8, 4) is 0 Å². The van der Waals surface area contributed by atoms with Crippen LogP contribution in [0.5, 0.6) is 0 Å². The zero-order chi connectivity index (χ0) is 13.2. The molecule has 0 aromatic heterocycles. The molecule has 0 aliphatic rings. The summed E-state index contributed by atoms with van der Waals surface area (Å²) in [7, 11) is 4.19. The predicted octanol–water partition coefficient (Wildman–Crippen LogP) is 2.54. The van der Waals surface area contributed by atoms with Crippen LogP contribution in [0.1, 0.15) is 36.0 Å². The van der Waals surface area contributed by atoms with Crippen LogP contribution < -0.4 is 5.32 Å². The van der Waals surface area contributed by atoms with Gasteiger partial charge in [-0.15, -0.1) is 0 Å². The van der Waals surface area contributed by atoms with Gasteiger partial charge in [0.1, 0.15) is 0 Å². The minimum absolute atomic E-state index is 0.0314. The van der Waals surface area contributed by atoms with E-state index in [4.69, 9.17) is 0 Å². The zero-order valence-corrected chi connectivity index (χ0v) is 11.5. The SMILES string of the molecule is CN(C)CCCCCCNC(=O)c1ccccc1. The van der Waals surface area contributed by atoms with Crippen molar-refractivity contribution in [2.45, 2.75) is 25.7 Å². The summed E-state index contributed by atoms with van der Waals surface area (Å²) >= 11 is 0. The number of rotatable bonds is 8. The van der Waals surface area contributed by atoms with Crippen molar-refractivity contribution in [2.75, 3.05) is 27.2 Å². The highest BCUT2D eigenvalue weighted by molar-refractivity contribution is 5.94. The predicted molar refractivity (Wildman–Crippen MR) is 75.8 cm³/mol. The Bertz CT molecular complexity index is 336. The van der Waals surface area contributed by atoms with Crippen LogP contribution in [0.25, 0.3) is 0 Å². The Morgan fingerprint density at radius 1 is 1.06 bits per heavy atom. The van der Waals surface area contributed by atoms with Crippen LogP contribution in [0.2, 0.25) is 0 Å². The summed E-state index contributed by atoms with van der Waals surface area (Å²) in [6, 6.07) is 9.37. The molecule has 1 aromatic rings. The first-order valence-corrected chi connectivity index (χ1v) is 6.68. The first-order valence-electron chi connectivity index (χ1n) is 6.68. The monoisotopic (exact) mass is 248 g/mol. The number of benzene rings is 1. The van der Waals surface area contributed by atoms with E-state index in [2.05, 4.69) is 24.3 Å². The third-order valence-electron chi connectivity index (χ3n) is 2.85. The van der Waals surface area contributed by atoms with E-state index in [1.807, 2.05) is 30.3 Å². The topological polar surface area (TPSA) is 32.3 Å². The molecule has 0 bridgehead atoms. The Balaban J connectivity index is 2.03. The molecule has 100 valence electrons. The highest BCUT2D eigenvalue weighted by Crippen LogP contribution is 2.01. The second-order valence-corrected chi connectivity index (χ2v) is 4.84. The van der Waals surface area contributed by atoms with Crippen molar-refractivity contribution >= 4 is 5.91 Å². The number of nitrogens with zero attached hydrogens (tertiary/aromatic N) is 1. The Morgan fingerprint density at radius 3 is 2.39 bits per heavy atom. The summed E-state index contributed by atoms with van der Waals surface area (Å²) in [4.78, 5) is 13.9. The maximum atomic E-state index is 11.7. The van der Waals surface area contributed by atoms with E-state index >= 15 is 0 Å². The lowest BCUT2D eigenvalue weighted by Crippen LogP contribution is -2.24. The number of hydrogen-bond acceptors (Lipinski definition) is 2. The number of carbonyl (C=O) groups excluding carboxylic acids is 1. The van der Waals surface area contributed by atoms with Gasteiger partial charge in [-0.05, 0) is 45.6 Å². The Kier molecular flexibility index (Phi) is 7.11. The smallest absolute Gasteiger partial charge is 0.251 e. The molecule has 3 nitrogen and oxygen atoms in total. The molecule has 18 heavy (non-hydrogen) atoms. The van der Waals surface area contributed by atoms with Crippen molar-refractivity contribution in [1.29, 1.82) is 0 Å². The molecule has 0 saturated carbocycles. The molecule has 1 rings (SSSR count). The molecule has 0 spiro atoms. The lowest BCUT2D eigenvalue weighted by atomic mass is 10.2. The highest BCUT2D eigenvalue weighted by Gasteiger charge is 2.02. The van der Waals surface area contributed by atoms with Gasteiger partial charge in [-0.25, -0.2) is 0 Å². The van der Waals surface area contributed by atoms with Gasteiger partial charge in [-0.3, -0.25) is 4.79 Å². The molecule has 1 N–H and O–H groups in total. The summed E-state index contributed by atoms with van der Waals surface area (Å²) < 4.78 is 0. The van der Waals surface area contributed by atoms with Gasteiger partial charge >= 0.3 is 0 Å². The number of nitrogens with one attached hydrogen (secondary N) is 1. The van der Waals surface area contributed by atoms with Crippen molar-refractivity contribution in [3.63, 3.8) is 0 Å². The molecule has 3 heteroatoms. The number of amides is 1. The standard InChI is InChI=1S/C15H24N2O/c1-17(2)13-9-4-3-8-12-16-15(18)14-10-6-5-7-11-14/h5-7,10-11H,3-4,8-9,12-13H2,1-2H3,(H,16,18). The minimum atomic E-state index is 0.0314. The molecule has 0 fully saturated rings. The van der Waals surface area contributed by atoms with Gasteiger partial charge in [0.15, 0.2) is 0 Å². The molecule has 0 saturated heterocycles. The molecule has 0 aliphatic heterocycles. The third kappa shape index (κ3) is 6.40. The maximum absolute atomic E-state index is 11.7. The fourth-order valence-electron chi connectivity index (χ4n) is 1.80. The maximum Gasteiger partial charge on any atom is 0.251 e. The summed E-state index contributed by atoms with van der Waals surface area (Å²) in [5, 5.41) is 2.95. The second-order valence-electron chi connectivity index (χ2n) is 4.84. The molecule has 0 aliphatic carbocycles. The van der Waals surface area contributed by atoms with E-state index in [1.165, 1.54) is 19.3 Å². The Morgan fingerprint density at radius 2 is 1.72 bits per heavy atom. The van der Waals surface area contributed by atoms with Crippen LogP contribution in [0.3, 0.4) is 0 Å². The average molecular weight is 248 g/mol. The largest absolute Gasteiger partial charge is 0.352 e. The van der Waals surface area contributed by atoms with Crippen molar-refractivity contribution < 1.29 is 4.79 Å². The van der Waals surface area contributed by atoms with Crippen molar-refractivity contribution in [2.24, 2.45) is 0 Å². The Labute approximate surface area is 110 Å². The normalized spacial score (nSPS) is 10.6. The molecular weight excluding hydrogens is 224 g/mol. The van der Waals surface area contributed by atoms with Gasteiger partial charge in [0.05, 0.1) is 0 Å². The highest BCUT2D eigenvalue weighted by atomic mass is 16.1. The molecule has 1 aromatic carbocycles. The molecular formula is C15H24N2O. The van der Waals surface area contributed by atoms with Crippen molar-refractivity contribution in [1.82, 2.24) is 10.2 Å². The zero-order valence-electron chi connectivity index (χ0n) is 11.5. The Hall–Kier alpha value is -1.35. The van der Waals surface area contributed by atoms with Gasteiger partial charge < -0.3 is 10.2 Å². The molecule has 0 atom stereocenters. The van der Waals surface area contributed by atoms with E-state index in [-0.39, 0.29) is 5.91 Å². The van der Waals surface area contributed by atoms with Gasteiger partial charge in [-0.2, -0.15) is 0 Å². The summed E-state index contributed by atoms with van der Waals surface area (Å²) in [5.74, 6) is 0.0314. The van der Waals surface area contributed by atoms with Crippen LogP contribution in [0.15, 0.2) is 30.3 Å². The van der Waals surface area contributed by atoms with Gasteiger partial charge in [0.25, 0.3) is 5.91 Å². The van der Waals surface area contributed by atoms with E-state index in [0.29, 0.717) is 0 Å². The first-order chi connectivity index (χ1) is 8.70. The third-order valence-corrected chi connectivity index (χ3v) is 2.85. The van der Waals surface area contributed by atoms with E-state index < -0.39 is 0 Å².